The van der Waals surface area contributed by atoms with Gasteiger partial charge in [-0.1, -0.05) is 39.5 Å². The molecule has 3 heteroatoms. The van der Waals surface area contributed by atoms with E-state index in [0.717, 1.165) is 32.4 Å². The van der Waals surface area contributed by atoms with Crippen LogP contribution in [0.5, 0.6) is 0 Å². The van der Waals surface area contributed by atoms with Gasteiger partial charge in [-0.25, -0.2) is 0 Å². The van der Waals surface area contributed by atoms with Crippen LogP contribution in [0, 0.1) is 5.92 Å². The van der Waals surface area contributed by atoms with Gasteiger partial charge in [-0.15, -0.1) is 0 Å². The Hall–Kier alpha value is -0.570. The zero-order valence-electron chi connectivity index (χ0n) is 10.7. The van der Waals surface area contributed by atoms with Crippen molar-refractivity contribution in [3.8, 4) is 0 Å². The number of hydrogen-bond acceptors (Lipinski definition) is 2. The number of carbonyl (C=O) groups is 1. The molecular formula is C13H26N2O. The quantitative estimate of drug-likeness (QED) is 0.753. The topological polar surface area (TPSA) is 41.1 Å². The standard InChI is InChI=1S/C13H26N2O/c1-3-11(4-2)10-15-13(16)12-8-6-5-7-9-14-12/h11-12,14H,3-10H2,1-2H3,(H,15,16). The molecule has 1 unspecified atom stereocenters. The molecule has 1 rings (SSSR count). The molecule has 0 aromatic heterocycles. The summed E-state index contributed by atoms with van der Waals surface area (Å²) in [6.07, 6.45) is 6.92. The highest BCUT2D eigenvalue weighted by Crippen LogP contribution is 2.09. The van der Waals surface area contributed by atoms with Crippen molar-refractivity contribution in [1.29, 1.82) is 0 Å². The van der Waals surface area contributed by atoms with Crippen LogP contribution in [0.4, 0.5) is 0 Å². The Morgan fingerprint density at radius 3 is 2.75 bits per heavy atom. The first-order chi connectivity index (χ1) is 7.77. The molecule has 0 saturated carbocycles. The average molecular weight is 226 g/mol. The minimum absolute atomic E-state index is 0.0527. The fourth-order valence-electron chi connectivity index (χ4n) is 2.20. The summed E-state index contributed by atoms with van der Waals surface area (Å²) in [5, 5.41) is 6.41. The van der Waals surface area contributed by atoms with Gasteiger partial charge < -0.3 is 10.6 Å². The Balaban J connectivity index is 2.27. The van der Waals surface area contributed by atoms with Gasteiger partial charge in [-0.3, -0.25) is 4.79 Å². The second-order valence-corrected chi connectivity index (χ2v) is 4.78. The van der Waals surface area contributed by atoms with Crippen LogP contribution in [0.2, 0.25) is 0 Å². The van der Waals surface area contributed by atoms with Gasteiger partial charge in [0.2, 0.25) is 5.91 Å². The van der Waals surface area contributed by atoms with Crippen molar-refractivity contribution in [2.45, 2.75) is 58.4 Å². The zero-order valence-corrected chi connectivity index (χ0v) is 10.7. The molecule has 1 aliphatic heterocycles. The Labute approximate surface area is 99.4 Å². The summed E-state index contributed by atoms with van der Waals surface area (Å²) in [5.74, 6) is 0.837. The first-order valence-electron chi connectivity index (χ1n) is 6.79. The lowest BCUT2D eigenvalue weighted by Crippen LogP contribution is -2.45. The number of nitrogens with one attached hydrogen (secondary N) is 2. The summed E-state index contributed by atoms with van der Waals surface area (Å²) in [5.41, 5.74) is 0. The summed E-state index contributed by atoms with van der Waals surface area (Å²) < 4.78 is 0. The third kappa shape index (κ3) is 4.52. The van der Waals surface area contributed by atoms with Gasteiger partial charge in [0.1, 0.15) is 0 Å². The van der Waals surface area contributed by atoms with Crippen molar-refractivity contribution in [3.63, 3.8) is 0 Å². The number of amides is 1. The zero-order chi connectivity index (χ0) is 11.8. The summed E-state index contributed by atoms with van der Waals surface area (Å²) in [7, 11) is 0. The maximum absolute atomic E-state index is 11.9. The fourth-order valence-corrected chi connectivity index (χ4v) is 2.20. The van der Waals surface area contributed by atoms with Crippen molar-refractivity contribution in [1.82, 2.24) is 10.6 Å². The molecule has 3 nitrogen and oxygen atoms in total. The molecule has 1 heterocycles. The van der Waals surface area contributed by atoms with E-state index in [9.17, 15) is 4.79 Å². The van der Waals surface area contributed by atoms with E-state index < -0.39 is 0 Å². The Morgan fingerprint density at radius 1 is 1.31 bits per heavy atom. The number of rotatable bonds is 5. The van der Waals surface area contributed by atoms with Crippen LogP contribution in [0.1, 0.15) is 52.4 Å². The molecule has 0 aliphatic carbocycles. The van der Waals surface area contributed by atoms with Gasteiger partial charge >= 0.3 is 0 Å². The largest absolute Gasteiger partial charge is 0.354 e. The summed E-state index contributed by atoms with van der Waals surface area (Å²) >= 11 is 0. The first kappa shape index (κ1) is 13.5. The molecule has 16 heavy (non-hydrogen) atoms. The lowest BCUT2D eigenvalue weighted by atomic mass is 10.0. The van der Waals surface area contributed by atoms with Gasteiger partial charge in [0, 0.05) is 6.54 Å². The van der Waals surface area contributed by atoms with Gasteiger partial charge in [-0.2, -0.15) is 0 Å². The molecule has 0 aromatic rings. The van der Waals surface area contributed by atoms with Gasteiger partial charge in [0.15, 0.2) is 0 Å². The van der Waals surface area contributed by atoms with Crippen molar-refractivity contribution < 1.29 is 4.79 Å². The SMILES string of the molecule is CCC(CC)CNC(=O)C1CCCCCN1. The van der Waals surface area contributed by atoms with E-state index >= 15 is 0 Å². The third-order valence-corrected chi connectivity index (χ3v) is 3.60. The highest BCUT2D eigenvalue weighted by molar-refractivity contribution is 5.81. The minimum atomic E-state index is 0.0527. The minimum Gasteiger partial charge on any atom is -0.354 e. The fraction of sp³-hybridized carbons (Fsp3) is 0.923. The molecule has 1 amide bonds. The summed E-state index contributed by atoms with van der Waals surface area (Å²) in [6.45, 7) is 6.20. The predicted molar refractivity (Wildman–Crippen MR) is 67.3 cm³/mol. The van der Waals surface area contributed by atoms with E-state index in [1.807, 2.05) is 0 Å². The van der Waals surface area contributed by atoms with Crippen LogP contribution in [0.15, 0.2) is 0 Å². The molecule has 0 aromatic carbocycles. The second-order valence-electron chi connectivity index (χ2n) is 4.78. The highest BCUT2D eigenvalue weighted by Gasteiger charge is 2.19. The van der Waals surface area contributed by atoms with Gasteiger partial charge in [-0.05, 0) is 25.3 Å². The maximum Gasteiger partial charge on any atom is 0.237 e. The molecule has 0 spiro atoms. The third-order valence-electron chi connectivity index (χ3n) is 3.60. The van der Waals surface area contributed by atoms with Crippen LogP contribution < -0.4 is 10.6 Å². The van der Waals surface area contributed by atoms with Crippen LogP contribution >= 0.6 is 0 Å². The van der Waals surface area contributed by atoms with E-state index in [-0.39, 0.29) is 11.9 Å². The molecule has 94 valence electrons. The van der Waals surface area contributed by atoms with E-state index in [2.05, 4.69) is 24.5 Å². The normalized spacial score (nSPS) is 21.8. The predicted octanol–water partition coefficient (Wildman–Crippen LogP) is 2.07. The molecule has 1 saturated heterocycles. The van der Waals surface area contributed by atoms with E-state index in [4.69, 9.17) is 0 Å². The van der Waals surface area contributed by atoms with Crippen molar-refractivity contribution in [3.05, 3.63) is 0 Å². The smallest absolute Gasteiger partial charge is 0.237 e. The van der Waals surface area contributed by atoms with Gasteiger partial charge in [0.05, 0.1) is 6.04 Å². The van der Waals surface area contributed by atoms with Crippen LogP contribution in [0.25, 0.3) is 0 Å². The Kier molecular flexibility index (Phi) is 6.46. The summed E-state index contributed by atoms with van der Waals surface area (Å²) in [6, 6.07) is 0.0527. The highest BCUT2D eigenvalue weighted by atomic mass is 16.2. The molecular weight excluding hydrogens is 200 g/mol. The molecule has 1 fully saturated rings. The Morgan fingerprint density at radius 2 is 2.06 bits per heavy atom. The summed E-state index contributed by atoms with van der Waals surface area (Å²) in [4.78, 5) is 11.9. The lowest BCUT2D eigenvalue weighted by molar-refractivity contribution is -0.123. The Bertz CT molecular complexity index is 194. The van der Waals surface area contributed by atoms with Crippen molar-refractivity contribution >= 4 is 5.91 Å². The van der Waals surface area contributed by atoms with Crippen LogP contribution in [-0.4, -0.2) is 25.0 Å². The monoisotopic (exact) mass is 226 g/mol. The lowest BCUT2D eigenvalue weighted by Gasteiger charge is -2.18. The first-order valence-corrected chi connectivity index (χ1v) is 6.79. The number of hydrogen-bond donors (Lipinski definition) is 2. The van der Waals surface area contributed by atoms with E-state index in [0.29, 0.717) is 5.92 Å². The van der Waals surface area contributed by atoms with Crippen LogP contribution in [-0.2, 0) is 4.79 Å². The average Bonchev–Trinajstić information content (AvgIpc) is 2.58. The maximum atomic E-state index is 11.9. The van der Waals surface area contributed by atoms with E-state index in [1.165, 1.54) is 19.3 Å². The second kappa shape index (κ2) is 7.66. The van der Waals surface area contributed by atoms with Gasteiger partial charge in [0.25, 0.3) is 0 Å². The number of carbonyl (C=O) groups excluding carboxylic acids is 1. The molecule has 2 N–H and O–H groups in total. The van der Waals surface area contributed by atoms with Crippen molar-refractivity contribution in [2.75, 3.05) is 13.1 Å². The molecule has 1 atom stereocenters. The van der Waals surface area contributed by atoms with Crippen molar-refractivity contribution in [2.24, 2.45) is 5.92 Å². The molecule has 0 radical (unpaired) electrons. The van der Waals surface area contributed by atoms with Crippen LogP contribution in [0.3, 0.4) is 0 Å². The van der Waals surface area contributed by atoms with E-state index in [1.54, 1.807) is 0 Å². The molecule has 1 aliphatic rings. The molecule has 0 bridgehead atoms.